The summed E-state index contributed by atoms with van der Waals surface area (Å²) in [5.41, 5.74) is 1.97. The van der Waals surface area contributed by atoms with E-state index in [1.54, 1.807) is 30.3 Å². The first-order chi connectivity index (χ1) is 14.0. The fourth-order valence-electron chi connectivity index (χ4n) is 2.75. The van der Waals surface area contributed by atoms with Crippen molar-refractivity contribution in [1.82, 2.24) is 0 Å². The first-order valence-corrected chi connectivity index (χ1v) is 9.11. The Morgan fingerprint density at radius 3 is 2.34 bits per heavy atom. The summed E-state index contributed by atoms with van der Waals surface area (Å²) in [6, 6.07) is 22.3. The molecule has 5 nitrogen and oxygen atoms in total. The maximum Gasteiger partial charge on any atom is 0.244 e. The van der Waals surface area contributed by atoms with Crippen LogP contribution in [0.3, 0.4) is 0 Å². The van der Waals surface area contributed by atoms with E-state index in [2.05, 4.69) is 5.32 Å². The van der Waals surface area contributed by atoms with E-state index < -0.39 is 5.82 Å². The highest BCUT2D eigenvalue weighted by Crippen LogP contribution is 2.19. The van der Waals surface area contributed by atoms with Gasteiger partial charge in [0.05, 0.1) is 0 Å². The molecule has 0 spiro atoms. The molecule has 0 aromatic heterocycles. The third-order valence-electron chi connectivity index (χ3n) is 4.19. The number of hydrogen-bond donors (Lipinski definition) is 1. The van der Waals surface area contributed by atoms with Crippen molar-refractivity contribution in [1.29, 1.82) is 0 Å². The van der Waals surface area contributed by atoms with Gasteiger partial charge in [-0.1, -0.05) is 36.4 Å². The molecular formula is C23H21FN2O3. The number of ether oxygens (including phenoxy) is 1. The van der Waals surface area contributed by atoms with Crippen LogP contribution >= 0.6 is 0 Å². The van der Waals surface area contributed by atoms with Crippen molar-refractivity contribution < 1.29 is 18.7 Å². The summed E-state index contributed by atoms with van der Waals surface area (Å²) >= 11 is 0. The Bertz CT molecular complexity index is 975. The minimum Gasteiger partial charge on any atom is -0.489 e. The minimum atomic E-state index is -0.472. The molecule has 0 radical (unpaired) electrons. The van der Waals surface area contributed by atoms with Crippen molar-refractivity contribution >= 4 is 23.2 Å². The predicted molar refractivity (Wildman–Crippen MR) is 110 cm³/mol. The van der Waals surface area contributed by atoms with Crippen LogP contribution in [-0.4, -0.2) is 18.4 Å². The second-order valence-electron chi connectivity index (χ2n) is 6.43. The Morgan fingerprint density at radius 1 is 0.966 bits per heavy atom. The molecular weight excluding hydrogens is 371 g/mol. The molecule has 0 atom stereocenters. The Hall–Kier alpha value is -3.67. The van der Waals surface area contributed by atoms with Crippen LogP contribution in [0.1, 0.15) is 12.5 Å². The Kier molecular flexibility index (Phi) is 6.58. The van der Waals surface area contributed by atoms with Gasteiger partial charge in [-0.25, -0.2) is 4.39 Å². The van der Waals surface area contributed by atoms with Gasteiger partial charge in [0.1, 0.15) is 24.7 Å². The molecule has 6 heteroatoms. The maximum atomic E-state index is 13.4. The third kappa shape index (κ3) is 5.90. The lowest BCUT2D eigenvalue weighted by atomic mass is 10.2. The molecule has 0 heterocycles. The number of rotatable bonds is 7. The molecule has 148 valence electrons. The number of anilines is 2. The van der Waals surface area contributed by atoms with Gasteiger partial charge in [-0.05, 0) is 48.0 Å². The second-order valence-corrected chi connectivity index (χ2v) is 6.43. The highest BCUT2D eigenvalue weighted by atomic mass is 19.1. The van der Waals surface area contributed by atoms with Gasteiger partial charge in [-0.2, -0.15) is 0 Å². The molecule has 0 aliphatic rings. The van der Waals surface area contributed by atoms with E-state index in [1.807, 2.05) is 30.3 Å². The zero-order chi connectivity index (χ0) is 20.6. The van der Waals surface area contributed by atoms with E-state index in [9.17, 15) is 14.0 Å². The van der Waals surface area contributed by atoms with Gasteiger partial charge >= 0.3 is 0 Å². The topological polar surface area (TPSA) is 58.6 Å². The standard InChI is InChI=1S/C23H21FN2O3/c1-17(27)26(21-9-5-8-19(24)14-21)15-23(28)25-20-10-12-22(13-11-20)29-16-18-6-3-2-4-7-18/h2-14H,15-16H2,1H3,(H,25,28). The molecule has 0 unspecified atom stereocenters. The van der Waals surface area contributed by atoms with Crippen LogP contribution in [0.25, 0.3) is 0 Å². The van der Waals surface area contributed by atoms with Crippen LogP contribution in [0.5, 0.6) is 5.75 Å². The Morgan fingerprint density at radius 2 is 1.69 bits per heavy atom. The van der Waals surface area contributed by atoms with Crippen LogP contribution < -0.4 is 15.0 Å². The van der Waals surface area contributed by atoms with Crippen molar-refractivity contribution in [2.75, 3.05) is 16.8 Å². The number of nitrogens with zero attached hydrogens (tertiary/aromatic N) is 1. The summed E-state index contributed by atoms with van der Waals surface area (Å²) < 4.78 is 19.1. The number of benzene rings is 3. The van der Waals surface area contributed by atoms with Crippen LogP contribution in [-0.2, 0) is 16.2 Å². The molecule has 0 bridgehead atoms. The molecule has 0 aliphatic carbocycles. The predicted octanol–water partition coefficient (Wildman–Crippen LogP) is 4.40. The largest absolute Gasteiger partial charge is 0.489 e. The molecule has 3 aromatic carbocycles. The Balaban J connectivity index is 1.57. The normalized spacial score (nSPS) is 10.3. The lowest BCUT2D eigenvalue weighted by molar-refractivity contribution is -0.120. The minimum absolute atomic E-state index is 0.217. The van der Waals surface area contributed by atoms with Gasteiger partial charge in [0, 0.05) is 18.3 Å². The molecule has 3 aromatic rings. The summed E-state index contributed by atoms with van der Waals surface area (Å²) in [6.07, 6.45) is 0. The number of carbonyl (C=O) groups excluding carboxylic acids is 2. The van der Waals surface area contributed by atoms with Gasteiger partial charge < -0.3 is 15.0 Å². The molecule has 0 saturated carbocycles. The lowest BCUT2D eigenvalue weighted by Gasteiger charge is -2.20. The second kappa shape index (κ2) is 9.50. The fourth-order valence-corrected chi connectivity index (χ4v) is 2.75. The zero-order valence-electron chi connectivity index (χ0n) is 16.0. The first kappa shape index (κ1) is 20.1. The average Bonchev–Trinajstić information content (AvgIpc) is 2.72. The lowest BCUT2D eigenvalue weighted by Crippen LogP contribution is -2.36. The Labute approximate surface area is 168 Å². The molecule has 0 saturated heterocycles. The summed E-state index contributed by atoms with van der Waals surface area (Å²) in [4.78, 5) is 25.5. The van der Waals surface area contributed by atoms with E-state index in [0.717, 1.165) is 5.56 Å². The van der Waals surface area contributed by atoms with Gasteiger partial charge in [-0.3, -0.25) is 9.59 Å². The first-order valence-electron chi connectivity index (χ1n) is 9.11. The SMILES string of the molecule is CC(=O)N(CC(=O)Nc1ccc(OCc2ccccc2)cc1)c1cccc(F)c1. The van der Waals surface area contributed by atoms with E-state index in [0.29, 0.717) is 23.7 Å². The number of carbonyl (C=O) groups is 2. The summed E-state index contributed by atoms with van der Waals surface area (Å²) in [5.74, 6) is -0.532. The van der Waals surface area contributed by atoms with Crippen LogP contribution in [0.15, 0.2) is 78.9 Å². The molecule has 3 rings (SSSR count). The maximum absolute atomic E-state index is 13.4. The molecule has 0 aliphatic heterocycles. The van der Waals surface area contributed by atoms with Crippen molar-refractivity contribution in [2.45, 2.75) is 13.5 Å². The highest BCUT2D eigenvalue weighted by Gasteiger charge is 2.16. The van der Waals surface area contributed by atoms with Crippen molar-refractivity contribution in [3.05, 3.63) is 90.2 Å². The molecule has 1 N–H and O–H groups in total. The van der Waals surface area contributed by atoms with E-state index in [-0.39, 0.29) is 18.4 Å². The van der Waals surface area contributed by atoms with Crippen LogP contribution in [0.4, 0.5) is 15.8 Å². The molecule has 29 heavy (non-hydrogen) atoms. The third-order valence-corrected chi connectivity index (χ3v) is 4.19. The van der Waals surface area contributed by atoms with Crippen molar-refractivity contribution in [2.24, 2.45) is 0 Å². The van der Waals surface area contributed by atoms with Gasteiger partial charge in [0.25, 0.3) is 0 Å². The van der Waals surface area contributed by atoms with Gasteiger partial charge in [0.15, 0.2) is 0 Å². The number of nitrogens with one attached hydrogen (secondary N) is 1. The number of hydrogen-bond acceptors (Lipinski definition) is 3. The van der Waals surface area contributed by atoms with E-state index in [1.165, 1.54) is 30.0 Å². The average molecular weight is 392 g/mol. The summed E-state index contributed by atoms with van der Waals surface area (Å²) in [6.45, 7) is 1.57. The number of amides is 2. The van der Waals surface area contributed by atoms with Crippen LogP contribution in [0.2, 0.25) is 0 Å². The number of halogens is 1. The zero-order valence-corrected chi connectivity index (χ0v) is 16.0. The monoisotopic (exact) mass is 392 g/mol. The molecule has 2 amide bonds. The van der Waals surface area contributed by atoms with Crippen LogP contribution in [0, 0.1) is 5.82 Å². The summed E-state index contributed by atoms with van der Waals surface area (Å²) in [5, 5.41) is 2.73. The highest BCUT2D eigenvalue weighted by molar-refractivity contribution is 6.01. The molecule has 0 fully saturated rings. The smallest absolute Gasteiger partial charge is 0.244 e. The fraction of sp³-hybridized carbons (Fsp3) is 0.130. The van der Waals surface area contributed by atoms with Gasteiger partial charge in [-0.15, -0.1) is 0 Å². The van der Waals surface area contributed by atoms with Gasteiger partial charge in [0.2, 0.25) is 11.8 Å². The van der Waals surface area contributed by atoms with Crippen molar-refractivity contribution in [3.63, 3.8) is 0 Å². The van der Waals surface area contributed by atoms with Crippen molar-refractivity contribution in [3.8, 4) is 5.75 Å². The summed E-state index contributed by atoms with van der Waals surface area (Å²) in [7, 11) is 0. The van der Waals surface area contributed by atoms with E-state index in [4.69, 9.17) is 4.74 Å². The van der Waals surface area contributed by atoms with E-state index >= 15 is 0 Å². The quantitative estimate of drug-likeness (QED) is 0.649.